The minimum Gasteiger partial charge on any atom is -0.496 e. The molecule has 0 fully saturated rings. The fourth-order valence-corrected chi connectivity index (χ4v) is 1.03. The Kier molecular flexibility index (Phi) is 4.07. The van der Waals surface area contributed by atoms with Crippen LogP contribution < -0.4 is 14.2 Å². The third-order valence-electron chi connectivity index (χ3n) is 1.68. The first kappa shape index (κ1) is 10.7. The third kappa shape index (κ3) is 2.81. The summed E-state index contributed by atoms with van der Waals surface area (Å²) in [6.45, 7) is 0.246. The van der Waals surface area contributed by atoms with E-state index in [1.165, 1.54) is 0 Å². The van der Waals surface area contributed by atoms with Crippen LogP contribution in [0.3, 0.4) is 0 Å². The van der Waals surface area contributed by atoms with Crippen LogP contribution >= 0.6 is 0 Å². The summed E-state index contributed by atoms with van der Waals surface area (Å²) in [4.78, 5) is 0. The standard InChI is InChI=1S/C10H14O4/c1-12-8-5-9(13-2)7-10(6-8)14-4-3-11/h5-7,11H,3-4H2,1-2H3. The van der Waals surface area contributed by atoms with Gasteiger partial charge in [0, 0.05) is 18.2 Å². The van der Waals surface area contributed by atoms with E-state index < -0.39 is 0 Å². The van der Waals surface area contributed by atoms with E-state index in [0.717, 1.165) is 0 Å². The molecular formula is C10H14O4. The lowest BCUT2D eigenvalue weighted by Gasteiger charge is -2.08. The SMILES string of the molecule is COc1cc(OC)cc(OCCO)c1. The molecule has 78 valence electrons. The molecule has 4 heteroatoms. The molecule has 0 heterocycles. The molecule has 0 atom stereocenters. The van der Waals surface area contributed by atoms with Crippen LogP contribution in [0.25, 0.3) is 0 Å². The normalized spacial score (nSPS) is 9.64. The third-order valence-corrected chi connectivity index (χ3v) is 1.68. The maximum Gasteiger partial charge on any atom is 0.126 e. The molecule has 0 aliphatic heterocycles. The van der Waals surface area contributed by atoms with E-state index in [9.17, 15) is 0 Å². The number of benzene rings is 1. The minimum atomic E-state index is -0.0144. The van der Waals surface area contributed by atoms with Crippen molar-refractivity contribution in [2.45, 2.75) is 0 Å². The summed E-state index contributed by atoms with van der Waals surface area (Å²) in [6.07, 6.45) is 0. The van der Waals surface area contributed by atoms with Crippen molar-refractivity contribution in [1.82, 2.24) is 0 Å². The van der Waals surface area contributed by atoms with Crippen molar-refractivity contribution in [3.63, 3.8) is 0 Å². The van der Waals surface area contributed by atoms with Crippen LogP contribution in [0.4, 0.5) is 0 Å². The molecule has 14 heavy (non-hydrogen) atoms. The number of hydrogen-bond donors (Lipinski definition) is 1. The highest BCUT2D eigenvalue weighted by Gasteiger charge is 2.01. The lowest BCUT2D eigenvalue weighted by Crippen LogP contribution is -2.02. The second-order valence-corrected chi connectivity index (χ2v) is 2.62. The summed E-state index contributed by atoms with van der Waals surface area (Å²) in [7, 11) is 3.15. The van der Waals surface area contributed by atoms with E-state index in [0.29, 0.717) is 17.2 Å². The first-order chi connectivity index (χ1) is 6.80. The van der Waals surface area contributed by atoms with E-state index in [1.807, 2.05) is 0 Å². The first-order valence-corrected chi connectivity index (χ1v) is 4.27. The quantitative estimate of drug-likeness (QED) is 0.769. The zero-order chi connectivity index (χ0) is 10.4. The first-order valence-electron chi connectivity index (χ1n) is 4.27. The van der Waals surface area contributed by atoms with Gasteiger partial charge in [0.05, 0.1) is 20.8 Å². The Morgan fingerprint density at radius 2 is 1.50 bits per heavy atom. The number of rotatable bonds is 5. The Bertz CT molecular complexity index is 263. The van der Waals surface area contributed by atoms with Crippen LogP contribution in [0.1, 0.15) is 0 Å². The summed E-state index contributed by atoms with van der Waals surface area (Å²) in [6, 6.07) is 5.22. The molecule has 1 aromatic rings. The predicted octanol–water partition coefficient (Wildman–Crippen LogP) is 1.07. The number of hydrogen-bond acceptors (Lipinski definition) is 4. The number of aliphatic hydroxyl groups excluding tert-OH is 1. The van der Waals surface area contributed by atoms with Gasteiger partial charge in [0.15, 0.2) is 0 Å². The van der Waals surface area contributed by atoms with Gasteiger partial charge in [-0.15, -0.1) is 0 Å². The second-order valence-electron chi connectivity index (χ2n) is 2.62. The molecule has 0 saturated carbocycles. The number of ether oxygens (including phenoxy) is 3. The number of aliphatic hydroxyl groups is 1. The van der Waals surface area contributed by atoms with Gasteiger partial charge >= 0.3 is 0 Å². The lowest BCUT2D eigenvalue weighted by molar-refractivity contribution is 0.200. The van der Waals surface area contributed by atoms with Crippen LogP contribution in [0, 0.1) is 0 Å². The Balaban J connectivity index is 2.81. The molecule has 0 aliphatic carbocycles. The van der Waals surface area contributed by atoms with E-state index in [2.05, 4.69) is 0 Å². The fraction of sp³-hybridized carbons (Fsp3) is 0.400. The van der Waals surface area contributed by atoms with Crippen molar-refractivity contribution < 1.29 is 19.3 Å². The summed E-state index contributed by atoms with van der Waals surface area (Å²) < 4.78 is 15.3. The van der Waals surface area contributed by atoms with E-state index in [4.69, 9.17) is 19.3 Å². The molecule has 1 N–H and O–H groups in total. The van der Waals surface area contributed by atoms with Crippen LogP contribution in [0.15, 0.2) is 18.2 Å². The van der Waals surface area contributed by atoms with Gasteiger partial charge < -0.3 is 19.3 Å². The van der Waals surface area contributed by atoms with Gasteiger partial charge in [0.25, 0.3) is 0 Å². The topological polar surface area (TPSA) is 47.9 Å². The van der Waals surface area contributed by atoms with Gasteiger partial charge in [-0.25, -0.2) is 0 Å². The smallest absolute Gasteiger partial charge is 0.126 e. The van der Waals surface area contributed by atoms with Gasteiger partial charge in [-0.2, -0.15) is 0 Å². The van der Waals surface area contributed by atoms with Crippen LogP contribution in [0.5, 0.6) is 17.2 Å². The Hall–Kier alpha value is -1.42. The summed E-state index contributed by atoms with van der Waals surface area (Å²) in [5, 5.41) is 8.59. The van der Waals surface area contributed by atoms with Crippen LogP contribution in [-0.2, 0) is 0 Å². The molecule has 0 spiro atoms. The minimum absolute atomic E-state index is 0.0144. The zero-order valence-electron chi connectivity index (χ0n) is 8.32. The maximum atomic E-state index is 8.59. The molecule has 1 rings (SSSR count). The van der Waals surface area contributed by atoms with Crippen LogP contribution in [0.2, 0.25) is 0 Å². The van der Waals surface area contributed by atoms with Gasteiger partial charge in [-0.3, -0.25) is 0 Å². The largest absolute Gasteiger partial charge is 0.496 e. The van der Waals surface area contributed by atoms with Gasteiger partial charge in [0.2, 0.25) is 0 Å². The summed E-state index contributed by atoms with van der Waals surface area (Å²) in [5.41, 5.74) is 0. The Labute approximate surface area is 83.0 Å². The van der Waals surface area contributed by atoms with E-state index >= 15 is 0 Å². The monoisotopic (exact) mass is 198 g/mol. The van der Waals surface area contributed by atoms with Crippen molar-refractivity contribution in [2.24, 2.45) is 0 Å². The number of methoxy groups -OCH3 is 2. The van der Waals surface area contributed by atoms with E-state index in [1.54, 1.807) is 32.4 Å². The zero-order valence-corrected chi connectivity index (χ0v) is 8.32. The van der Waals surface area contributed by atoms with Gasteiger partial charge in [-0.1, -0.05) is 0 Å². The highest BCUT2D eigenvalue weighted by molar-refractivity contribution is 5.41. The Morgan fingerprint density at radius 1 is 1.00 bits per heavy atom. The predicted molar refractivity (Wildman–Crippen MR) is 52.1 cm³/mol. The molecular weight excluding hydrogens is 184 g/mol. The highest BCUT2D eigenvalue weighted by atomic mass is 16.5. The Morgan fingerprint density at radius 3 is 1.93 bits per heavy atom. The molecule has 0 aromatic heterocycles. The second kappa shape index (κ2) is 5.34. The summed E-state index contributed by atoms with van der Waals surface area (Å²) >= 11 is 0. The van der Waals surface area contributed by atoms with Crippen LogP contribution in [-0.4, -0.2) is 32.5 Å². The van der Waals surface area contributed by atoms with Crippen molar-refractivity contribution in [3.05, 3.63) is 18.2 Å². The van der Waals surface area contributed by atoms with Crippen molar-refractivity contribution in [2.75, 3.05) is 27.4 Å². The molecule has 0 radical (unpaired) electrons. The average Bonchev–Trinajstić information content (AvgIpc) is 2.25. The lowest BCUT2D eigenvalue weighted by atomic mass is 10.3. The molecule has 0 amide bonds. The summed E-state index contributed by atoms with van der Waals surface area (Å²) in [5.74, 6) is 1.95. The van der Waals surface area contributed by atoms with E-state index in [-0.39, 0.29) is 13.2 Å². The van der Waals surface area contributed by atoms with Crippen molar-refractivity contribution in [3.8, 4) is 17.2 Å². The maximum absolute atomic E-state index is 8.59. The van der Waals surface area contributed by atoms with Gasteiger partial charge in [0.1, 0.15) is 23.9 Å². The molecule has 0 saturated heterocycles. The molecule has 4 nitrogen and oxygen atoms in total. The molecule has 0 unspecified atom stereocenters. The average molecular weight is 198 g/mol. The molecule has 1 aromatic carbocycles. The highest BCUT2D eigenvalue weighted by Crippen LogP contribution is 2.27. The van der Waals surface area contributed by atoms with Crippen molar-refractivity contribution in [1.29, 1.82) is 0 Å². The van der Waals surface area contributed by atoms with Crippen molar-refractivity contribution >= 4 is 0 Å². The van der Waals surface area contributed by atoms with Gasteiger partial charge in [-0.05, 0) is 0 Å². The molecule has 0 aliphatic rings. The molecule has 0 bridgehead atoms. The fourth-order valence-electron chi connectivity index (χ4n) is 1.03.